The number of hydrogen-bond donors (Lipinski definition) is 2. The molecular weight excluding hydrogens is 305 g/mol. The number of nitrogens with zero attached hydrogens (tertiary/aromatic N) is 1. The van der Waals surface area contributed by atoms with E-state index >= 15 is 0 Å². The highest BCUT2D eigenvalue weighted by Crippen LogP contribution is 2.24. The first kappa shape index (κ1) is 16.5. The van der Waals surface area contributed by atoms with E-state index in [1.807, 2.05) is 18.2 Å². The number of nitrogens with one attached hydrogen (secondary N) is 2. The number of anilines is 1. The van der Waals surface area contributed by atoms with Crippen LogP contribution in [0.25, 0.3) is 0 Å². The lowest BCUT2D eigenvalue weighted by atomic mass is 10.1. The second-order valence-corrected chi connectivity index (χ2v) is 5.98. The van der Waals surface area contributed by atoms with Crippen molar-refractivity contribution in [2.75, 3.05) is 25.0 Å². The Morgan fingerprint density at radius 2 is 1.71 bits per heavy atom. The molecule has 0 spiro atoms. The number of hydrogen-bond acceptors (Lipinski definition) is 2. The fraction of sp³-hybridized carbons (Fsp3) is 0.316. The van der Waals surface area contributed by atoms with E-state index in [0.29, 0.717) is 6.54 Å². The number of carbonyl (C=O) groups is 1. The molecule has 0 unspecified atom stereocenters. The minimum atomic E-state index is -0.438. The van der Waals surface area contributed by atoms with Gasteiger partial charge in [0, 0.05) is 6.54 Å². The standard InChI is InChI=1S/C19H22FN3O/c20-16-10-4-5-11-17(16)22-19(24)21-14-18(23-12-6-7-13-23)15-8-2-1-3-9-15/h1-5,8-11,18H,6-7,12-14H2,(H2,21,22,24)/t18-/m1/s1. The summed E-state index contributed by atoms with van der Waals surface area (Å²) in [5.41, 5.74) is 1.37. The predicted octanol–water partition coefficient (Wildman–Crippen LogP) is 3.78. The van der Waals surface area contributed by atoms with Gasteiger partial charge in [-0.05, 0) is 43.6 Å². The van der Waals surface area contributed by atoms with Crippen LogP contribution < -0.4 is 10.6 Å². The van der Waals surface area contributed by atoms with E-state index in [4.69, 9.17) is 0 Å². The molecule has 1 aliphatic rings. The van der Waals surface area contributed by atoms with Gasteiger partial charge in [-0.15, -0.1) is 0 Å². The Bertz CT molecular complexity index is 671. The number of likely N-dealkylation sites (tertiary alicyclic amines) is 1. The second-order valence-electron chi connectivity index (χ2n) is 5.98. The molecule has 2 amide bonds. The number of halogens is 1. The molecule has 1 fully saturated rings. The molecule has 0 radical (unpaired) electrons. The number of carbonyl (C=O) groups excluding carboxylic acids is 1. The maximum atomic E-state index is 13.6. The average molecular weight is 327 g/mol. The summed E-state index contributed by atoms with van der Waals surface area (Å²) in [6, 6.07) is 16.1. The van der Waals surface area contributed by atoms with Crippen LogP contribution in [0, 0.1) is 5.82 Å². The number of amides is 2. The van der Waals surface area contributed by atoms with Gasteiger partial charge in [0.05, 0.1) is 11.7 Å². The Kier molecular flexibility index (Phi) is 5.43. The zero-order valence-electron chi connectivity index (χ0n) is 13.5. The summed E-state index contributed by atoms with van der Waals surface area (Å²) in [6.07, 6.45) is 2.37. The van der Waals surface area contributed by atoms with Crippen molar-refractivity contribution >= 4 is 11.7 Å². The number of urea groups is 1. The van der Waals surface area contributed by atoms with Crippen molar-refractivity contribution in [1.29, 1.82) is 0 Å². The van der Waals surface area contributed by atoms with E-state index in [2.05, 4.69) is 27.7 Å². The summed E-state index contributed by atoms with van der Waals surface area (Å²) in [5.74, 6) is -0.438. The third-order valence-electron chi connectivity index (χ3n) is 4.34. The van der Waals surface area contributed by atoms with Crippen LogP contribution in [0.3, 0.4) is 0 Å². The van der Waals surface area contributed by atoms with Crippen molar-refractivity contribution in [3.05, 3.63) is 66.0 Å². The molecule has 5 heteroatoms. The lowest BCUT2D eigenvalue weighted by Crippen LogP contribution is -2.38. The van der Waals surface area contributed by atoms with Gasteiger partial charge in [0.2, 0.25) is 0 Å². The highest BCUT2D eigenvalue weighted by Gasteiger charge is 2.23. The molecule has 0 bridgehead atoms. The lowest BCUT2D eigenvalue weighted by molar-refractivity contribution is 0.227. The fourth-order valence-electron chi connectivity index (χ4n) is 3.10. The van der Waals surface area contributed by atoms with Crippen molar-refractivity contribution < 1.29 is 9.18 Å². The van der Waals surface area contributed by atoms with E-state index in [9.17, 15) is 9.18 Å². The predicted molar refractivity (Wildman–Crippen MR) is 93.4 cm³/mol. The van der Waals surface area contributed by atoms with Gasteiger partial charge in [-0.2, -0.15) is 0 Å². The van der Waals surface area contributed by atoms with Crippen molar-refractivity contribution in [2.45, 2.75) is 18.9 Å². The van der Waals surface area contributed by atoms with E-state index in [-0.39, 0.29) is 17.8 Å². The van der Waals surface area contributed by atoms with Gasteiger partial charge in [0.1, 0.15) is 5.82 Å². The molecule has 1 aliphatic heterocycles. The number of para-hydroxylation sites is 1. The van der Waals surface area contributed by atoms with Gasteiger partial charge in [-0.3, -0.25) is 4.90 Å². The summed E-state index contributed by atoms with van der Waals surface area (Å²) in [5, 5.41) is 5.44. The molecule has 3 rings (SSSR count). The highest BCUT2D eigenvalue weighted by molar-refractivity contribution is 5.89. The topological polar surface area (TPSA) is 44.4 Å². The Labute approximate surface area is 141 Å². The summed E-state index contributed by atoms with van der Waals surface area (Å²) in [4.78, 5) is 14.5. The van der Waals surface area contributed by atoms with Crippen LogP contribution >= 0.6 is 0 Å². The van der Waals surface area contributed by atoms with Crippen molar-refractivity contribution in [1.82, 2.24) is 10.2 Å². The molecule has 0 saturated carbocycles. The summed E-state index contributed by atoms with van der Waals surface area (Å²) < 4.78 is 13.6. The number of benzene rings is 2. The van der Waals surface area contributed by atoms with Crippen molar-refractivity contribution in [3.63, 3.8) is 0 Å². The summed E-state index contributed by atoms with van der Waals surface area (Å²) in [7, 11) is 0. The third kappa shape index (κ3) is 4.11. The fourth-order valence-corrected chi connectivity index (χ4v) is 3.10. The van der Waals surface area contributed by atoms with Crippen LogP contribution in [0.4, 0.5) is 14.9 Å². The lowest BCUT2D eigenvalue weighted by Gasteiger charge is -2.28. The van der Waals surface area contributed by atoms with Crippen molar-refractivity contribution in [2.24, 2.45) is 0 Å². The Morgan fingerprint density at radius 1 is 1.04 bits per heavy atom. The molecule has 126 valence electrons. The minimum Gasteiger partial charge on any atom is -0.336 e. The van der Waals surface area contributed by atoms with Crippen LogP contribution in [0.5, 0.6) is 0 Å². The zero-order valence-corrected chi connectivity index (χ0v) is 13.5. The molecule has 1 saturated heterocycles. The molecule has 1 heterocycles. The molecule has 4 nitrogen and oxygen atoms in total. The van der Waals surface area contributed by atoms with E-state index in [0.717, 1.165) is 13.1 Å². The molecule has 0 aliphatic carbocycles. The second kappa shape index (κ2) is 7.93. The monoisotopic (exact) mass is 327 g/mol. The van der Waals surface area contributed by atoms with Gasteiger partial charge in [0.15, 0.2) is 0 Å². The minimum absolute atomic E-state index is 0.139. The highest BCUT2D eigenvalue weighted by atomic mass is 19.1. The largest absolute Gasteiger partial charge is 0.336 e. The van der Waals surface area contributed by atoms with E-state index < -0.39 is 5.82 Å². The molecular formula is C19H22FN3O. The van der Waals surface area contributed by atoms with Crippen LogP contribution in [0.1, 0.15) is 24.4 Å². The van der Waals surface area contributed by atoms with E-state index in [1.165, 1.54) is 24.5 Å². The first-order valence-electron chi connectivity index (χ1n) is 8.32. The van der Waals surface area contributed by atoms with Gasteiger partial charge in [0.25, 0.3) is 0 Å². The quantitative estimate of drug-likeness (QED) is 0.878. The Morgan fingerprint density at radius 3 is 2.42 bits per heavy atom. The number of rotatable bonds is 5. The molecule has 2 aromatic rings. The van der Waals surface area contributed by atoms with Crippen LogP contribution in [-0.4, -0.2) is 30.6 Å². The zero-order chi connectivity index (χ0) is 16.8. The maximum absolute atomic E-state index is 13.6. The van der Waals surface area contributed by atoms with Gasteiger partial charge >= 0.3 is 6.03 Å². The molecule has 0 aromatic heterocycles. The molecule has 1 atom stereocenters. The molecule has 2 aromatic carbocycles. The summed E-state index contributed by atoms with van der Waals surface area (Å²) in [6.45, 7) is 2.57. The smallest absolute Gasteiger partial charge is 0.319 e. The first-order valence-corrected chi connectivity index (χ1v) is 8.32. The third-order valence-corrected chi connectivity index (χ3v) is 4.34. The average Bonchev–Trinajstić information content (AvgIpc) is 3.12. The van der Waals surface area contributed by atoms with Gasteiger partial charge in [-0.1, -0.05) is 42.5 Å². The van der Waals surface area contributed by atoms with Crippen molar-refractivity contribution in [3.8, 4) is 0 Å². The van der Waals surface area contributed by atoms with Crippen LogP contribution in [-0.2, 0) is 0 Å². The van der Waals surface area contributed by atoms with Crippen LogP contribution in [0.2, 0.25) is 0 Å². The maximum Gasteiger partial charge on any atom is 0.319 e. The van der Waals surface area contributed by atoms with E-state index in [1.54, 1.807) is 18.2 Å². The summed E-state index contributed by atoms with van der Waals surface area (Å²) >= 11 is 0. The Hall–Kier alpha value is -2.40. The SMILES string of the molecule is O=C(NC[C@H](c1ccccc1)N1CCCC1)Nc1ccccc1F. The van der Waals surface area contributed by atoms with Gasteiger partial charge < -0.3 is 10.6 Å². The first-order chi connectivity index (χ1) is 11.7. The normalized spacial score (nSPS) is 15.9. The van der Waals surface area contributed by atoms with Crippen LogP contribution in [0.15, 0.2) is 54.6 Å². The molecule has 2 N–H and O–H groups in total. The van der Waals surface area contributed by atoms with Gasteiger partial charge in [-0.25, -0.2) is 9.18 Å². The molecule has 24 heavy (non-hydrogen) atoms. The Balaban J connectivity index is 1.63.